The number of nitrogens with zero attached hydrogens (tertiary/aromatic N) is 3. The third kappa shape index (κ3) is 3.10. The van der Waals surface area contributed by atoms with Gasteiger partial charge in [-0.25, -0.2) is 4.99 Å². The van der Waals surface area contributed by atoms with Gasteiger partial charge in [-0.2, -0.15) is 10.1 Å². The molecule has 0 aromatic heterocycles. The fraction of sp³-hybridized carbons (Fsp3) is 0.800. The lowest BCUT2D eigenvalue weighted by Gasteiger charge is -2.38. The van der Waals surface area contributed by atoms with E-state index in [4.69, 9.17) is 16.3 Å². The average Bonchev–Trinajstić information content (AvgIpc) is 2.04. The molecule has 6 nitrogen and oxygen atoms in total. The van der Waals surface area contributed by atoms with Crippen molar-refractivity contribution in [2.45, 2.75) is 38.8 Å². The Bertz CT molecular complexity index is 338. The van der Waals surface area contributed by atoms with Crippen molar-refractivity contribution >= 4 is 28.9 Å². The number of nitrogens with two attached hydrogens (primary N) is 2. The van der Waals surface area contributed by atoms with Crippen molar-refractivity contribution in [2.75, 3.05) is 6.61 Å². The highest BCUT2D eigenvalue weighted by molar-refractivity contribution is 8.93. The summed E-state index contributed by atoms with van der Waals surface area (Å²) in [7, 11) is 0. The predicted octanol–water partition coefficient (Wildman–Crippen LogP) is 0.977. The molecule has 1 fully saturated rings. The van der Waals surface area contributed by atoms with Crippen LogP contribution in [-0.4, -0.2) is 29.3 Å². The maximum absolute atomic E-state index is 5.78. The van der Waals surface area contributed by atoms with Crippen molar-refractivity contribution in [3.8, 4) is 0 Å². The molecule has 1 heterocycles. The van der Waals surface area contributed by atoms with E-state index >= 15 is 0 Å². The molecule has 0 atom stereocenters. The smallest absolute Gasteiger partial charge is 0.226 e. The summed E-state index contributed by atoms with van der Waals surface area (Å²) in [4.78, 5) is 13.8. The monoisotopic (exact) mass is 305 g/mol. The average molecular weight is 306 g/mol. The van der Waals surface area contributed by atoms with Gasteiger partial charge in [0, 0.05) is 0 Å². The molecule has 98 valence electrons. The van der Waals surface area contributed by atoms with E-state index in [1.54, 1.807) is 5.06 Å². The third-order valence-corrected chi connectivity index (χ3v) is 2.99. The summed E-state index contributed by atoms with van der Waals surface area (Å²) in [5.74, 6) is 1.12. The third-order valence-electron chi connectivity index (χ3n) is 2.99. The zero-order chi connectivity index (χ0) is 11.8. The first-order valence-electron chi connectivity index (χ1n) is 5.61. The lowest BCUT2D eigenvalue weighted by Crippen LogP contribution is -2.54. The lowest BCUT2D eigenvalue weighted by molar-refractivity contribution is -0.172. The van der Waals surface area contributed by atoms with E-state index in [2.05, 4.69) is 9.98 Å². The van der Waals surface area contributed by atoms with Gasteiger partial charge in [-0.1, -0.05) is 6.42 Å². The van der Waals surface area contributed by atoms with Gasteiger partial charge in [-0.15, -0.1) is 17.0 Å². The molecule has 1 saturated carbocycles. The zero-order valence-corrected chi connectivity index (χ0v) is 11.9. The fourth-order valence-corrected chi connectivity index (χ4v) is 1.86. The van der Waals surface area contributed by atoms with E-state index in [9.17, 15) is 0 Å². The van der Waals surface area contributed by atoms with Crippen molar-refractivity contribution in [3.05, 3.63) is 0 Å². The summed E-state index contributed by atoms with van der Waals surface area (Å²) in [6.07, 6.45) is 3.76. The standard InChI is InChI=1S/C10H19N5O.BrH/c1-10(2)14-8(11)13-9(12)15(10)16-6-7-4-3-5-7;/h7H,3-6H2,1-2H3,(H4,11,12,13,14);1H. The van der Waals surface area contributed by atoms with Crippen LogP contribution in [0.3, 0.4) is 0 Å². The highest BCUT2D eigenvalue weighted by atomic mass is 79.9. The summed E-state index contributed by atoms with van der Waals surface area (Å²) in [6.45, 7) is 4.46. The number of halogens is 1. The highest BCUT2D eigenvalue weighted by Crippen LogP contribution is 2.28. The van der Waals surface area contributed by atoms with Gasteiger partial charge in [-0.3, -0.25) is 4.84 Å². The Morgan fingerprint density at radius 3 is 2.53 bits per heavy atom. The Hall–Kier alpha value is -0.820. The van der Waals surface area contributed by atoms with Gasteiger partial charge < -0.3 is 11.5 Å². The van der Waals surface area contributed by atoms with Crippen LogP contribution in [0.15, 0.2) is 9.98 Å². The van der Waals surface area contributed by atoms with Crippen LogP contribution in [0, 0.1) is 5.92 Å². The van der Waals surface area contributed by atoms with Gasteiger partial charge in [0.2, 0.25) is 11.9 Å². The lowest BCUT2D eigenvalue weighted by atomic mass is 9.86. The molecule has 4 N–H and O–H groups in total. The predicted molar refractivity (Wildman–Crippen MR) is 72.8 cm³/mol. The van der Waals surface area contributed by atoms with E-state index in [1.807, 2.05) is 13.8 Å². The minimum atomic E-state index is -0.584. The molecule has 7 heteroatoms. The minimum absolute atomic E-state index is 0. The maximum Gasteiger partial charge on any atom is 0.226 e. The Morgan fingerprint density at radius 1 is 1.41 bits per heavy atom. The van der Waals surface area contributed by atoms with Crippen molar-refractivity contribution < 1.29 is 4.84 Å². The van der Waals surface area contributed by atoms with Crippen LogP contribution in [-0.2, 0) is 4.84 Å². The minimum Gasteiger partial charge on any atom is -0.368 e. The van der Waals surface area contributed by atoms with Crippen molar-refractivity contribution in [2.24, 2.45) is 27.4 Å². The molecule has 0 saturated heterocycles. The largest absolute Gasteiger partial charge is 0.368 e. The number of hydroxylamine groups is 2. The van der Waals surface area contributed by atoms with Crippen LogP contribution >= 0.6 is 17.0 Å². The molecule has 2 rings (SSSR count). The number of hydrogen-bond donors (Lipinski definition) is 2. The number of guanidine groups is 2. The van der Waals surface area contributed by atoms with Crippen molar-refractivity contribution in [1.29, 1.82) is 0 Å². The van der Waals surface area contributed by atoms with Gasteiger partial charge in [0.05, 0.1) is 6.61 Å². The first-order valence-corrected chi connectivity index (χ1v) is 5.61. The maximum atomic E-state index is 5.78. The molecule has 0 aromatic rings. The van der Waals surface area contributed by atoms with Gasteiger partial charge in [0.15, 0.2) is 5.66 Å². The Balaban J connectivity index is 0.00000144. The van der Waals surface area contributed by atoms with Gasteiger partial charge in [0.1, 0.15) is 0 Å². The molecule has 0 unspecified atom stereocenters. The summed E-state index contributed by atoms with van der Waals surface area (Å²) >= 11 is 0. The second kappa shape index (κ2) is 5.22. The molecule has 1 aliphatic heterocycles. The van der Waals surface area contributed by atoms with Gasteiger partial charge in [-0.05, 0) is 32.6 Å². The molecule has 17 heavy (non-hydrogen) atoms. The van der Waals surface area contributed by atoms with Crippen LogP contribution in [0.2, 0.25) is 0 Å². The second-order valence-electron chi connectivity index (χ2n) is 4.82. The second-order valence-corrected chi connectivity index (χ2v) is 4.82. The number of aliphatic imine (C=N–C) groups is 2. The number of hydrogen-bond acceptors (Lipinski definition) is 6. The van der Waals surface area contributed by atoms with E-state index in [0.29, 0.717) is 12.5 Å². The zero-order valence-electron chi connectivity index (χ0n) is 10.2. The topological polar surface area (TPSA) is 89.2 Å². The quantitative estimate of drug-likeness (QED) is 0.813. The molecule has 0 radical (unpaired) electrons. The summed E-state index contributed by atoms with van der Waals surface area (Å²) in [5, 5.41) is 1.54. The van der Waals surface area contributed by atoms with Crippen molar-refractivity contribution in [3.63, 3.8) is 0 Å². The van der Waals surface area contributed by atoms with Crippen LogP contribution < -0.4 is 11.5 Å². The normalized spacial score (nSPS) is 23.3. The Labute approximate surface area is 112 Å². The molecule has 0 spiro atoms. The van der Waals surface area contributed by atoms with E-state index in [-0.39, 0.29) is 28.9 Å². The van der Waals surface area contributed by atoms with Crippen LogP contribution in [0.25, 0.3) is 0 Å². The SMILES string of the molecule is Br.CC1(C)N=C(N)N=C(N)N1OCC1CCC1. The van der Waals surface area contributed by atoms with Crippen molar-refractivity contribution in [1.82, 2.24) is 5.06 Å². The van der Waals surface area contributed by atoms with Gasteiger partial charge >= 0.3 is 0 Å². The fourth-order valence-electron chi connectivity index (χ4n) is 1.86. The molecule has 2 aliphatic rings. The molecular formula is C10H20BrN5O. The Kier molecular flexibility index (Phi) is 4.37. The van der Waals surface area contributed by atoms with Crippen LogP contribution in [0.5, 0.6) is 0 Å². The molecule has 0 amide bonds. The summed E-state index contributed by atoms with van der Waals surface area (Å²) in [6, 6.07) is 0. The first kappa shape index (κ1) is 14.2. The highest BCUT2D eigenvalue weighted by Gasteiger charge is 2.34. The first-order chi connectivity index (χ1) is 7.49. The molecule has 0 bridgehead atoms. The van der Waals surface area contributed by atoms with Crippen LogP contribution in [0.1, 0.15) is 33.1 Å². The molecular weight excluding hydrogens is 286 g/mol. The van der Waals surface area contributed by atoms with E-state index < -0.39 is 5.66 Å². The Morgan fingerprint density at radius 2 is 2.06 bits per heavy atom. The summed E-state index contributed by atoms with van der Waals surface area (Å²) < 4.78 is 0. The number of rotatable bonds is 3. The van der Waals surface area contributed by atoms with Gasteiger partial charge in [0.25, 0.3) is 0 Å². The molecule has 1 aliphatic carbocycles. The molecule has 0 aromatic carbocycles. The van der Waals surface area contributed by atoms with Crippen LogP contribution in [0.4, 0.5) is 0 Å². The van der Waals surface area contributed by atoms with E-state index in [0.717, 1.165) is 0 Å². The van der Waals surface area contributed by atoms with E-state index in [1.165, 1.54) is 19.3 Å². The summed E-state index contributed by atoms with van der Waals surface area (Å²) in [5.41, 5.74) is 10.8.